The average molecular weight is 711 g/mol. The van der Waals surface area contributed by atoms with Gasteiger partial charge in [0.15, 0.2) is 5.82 Å². The molecule has 2 heteroatoms. The van der Waals surface area contributed by atoms with Gasteiger partial charge in [-0.15, -0.1) is 0 Å². The number of aromatic nitrogens is 2. The highest BCUT2D eigenvalue weighted by Crippen LogP contribution is 2.44. The summed E-state index contributed by atoms with van der Waals surface area (Å²) in [7, 11) is 0. The van der Waals surface area contributed by atoms with Crippen LogP contribution in [-0.4, -0.2) is 9.97 Å². The molecular formula is C54H34N2. The van der Waals surface area contributed by atoms with Crippen molar-refractivity contribution in [2.45, 2.75) is 0 Å². The van der Waals surface area contributed by atoms with Crippen molar-refractivity contribution in [1.82, 2.24) is 9.97 Å². The molecule has 11 aromatic rings. The van der Waals surface area contributed by atoms with E-state index in [4.69, 9.17) is 9.97 Å². The lowest BCUT2D eigenvalue weighted by Gasteiger charge is -2.18. The molecular weight excluding hydrogens is 677 g/mol. The molecule has 0 bridgehead atoms. The van der Waals surface area contributed by atoms with E-state index >= 15 is 0 Å². The zero-order valence-corrected chi connectivity index (χ0v) is 30.5. The van der Waals surface area contributed by atoms with Gasteiger partial charge in [0.25, 0.3) is 0 Å². The summed E-state index contributed by atoms with van der Waals surface area (Å²) >= 11 is 0. The van der Waals surface area contributed by atoms with E-state index in [0.717, 1.165) is 39.0 Å². The second kappa shape index (κ2) is 13.2. The molecule has 0 unspecified atom stereocenters. The monoisotopic (exact) mass is 710 g/mol. The highest BCUT2D eigenvalue weighted by atomic mass is 14.9. The van der Waals surface area contributed by atoms with Crippen molar-refractivity contribution >= 4 is 53.9 Å². The van der Waals surface area contributed by atoms with Gasteiger partial charge in [0.05, 0.1) is 11.4 Å². The molecule has 0 radical (unpaired) electrons. The van der Waals surface area contributed by atoms with Gasteiger partial charge in [-0.3, -0.25) is 0 Å². The quantitative estimate of drug-likeness (QED) is 0.131. The van der Waals surface area contributed by atoms with Crippen molar-refractivity contribution in [3.63, 3.8) is 0 Å². The normalized spacial score (nSPS) is 11.6. The number of fused-ring (bicyclic) bond motifs is 6. The summed E-state index contributed by atoms with van der Waals surface area (Å²) < 4.78 is 0. The van der Waals surface area contributed by atoms with Crippen LogP contribution < -0.4 is 0 Å². The van der Waals surface area contributed by atoms with E-state index in [9.17, 15) is 0 Å². The summed E-state index contributed by atoms with van der Waals surface area (Å²) in [6, 6.07) is 74.0. The maximum absolute atomic E-state index is 5.33. The van der Waals surface area contributed by atoms with Crippen LogP contribution in [0.2, 0.25) is 0 Å². The van der Waals surface area contributed by atoms with Crippen LogP contribution >= 0.6 is 0 Å². The van der Waals surface area contributed by atoms with Crippen LogP contribution in [-0.2, 0) is 0 Å². The van der Waals surface area contributed by atoms with Crippen LogP contribution in [0.3, 0.4) is 0 Å². The van der Waals surface area contributed by atoms with Crippen molar-refractivity contribution < 1.29 is 0 Å². The highest BCUT2D eigenvalue weighted by Gasteiger charge is 2.19. The van der Waals surface area contributed by atoms with Crippen LogP contribution in [0.4, 0.5) is 0 Å². The summed E-state index contributed by atoms with van der Waals surface area (Å²) in [5.41, 5.74) is 9.69. The first-order valence-electron chi connectivity index (χ1n) is 19.2. The largest absolute Gasteiger partial charge is 0.228 e. The van der Waals surface area contributed by atoms with E-state index in [0.29, 0.717) is 5.82 Å². The first-order chi connectivity index (χ1) is 27.8. The van der Waals surface area contributed by atoms with E-state index in [1.807, 2.05) is 6.07 Å². The Morgan fingerprint density at radius 2 is 0.786 bits per heavy atom. The lowest BCUT2D eigenvalue weighted by Crippen LogP contribution is -1.98. The molecule has 0 amide bonds. The Hall–Kier alpha value is -7.42. The summed E-state index contributed by atoms with van der Waals surface area (Å²) in [6.07, 6.45) is 0. The molecule has 0 saturated carbocycles. The third kappa shape index (κ3) is 5.26. The second-order valence-corrected chi connectivity index (χ2v) is 14.5. The van der Waals surface area contributed by atoms with Gasteiger partial charge >= 0.3 is 0 Å². The fourth-order valence-corrected chi connectivity index (χ4v) is 8.69. The third-order valence-corrected chi connectivity index (χ3v) is 11.3. The van der Waals surface area contributed by atoms with Crippen LogP contribution in [0, 0.1) is 0 Å². The molecule has 260 valence electrons. The minimum atomic E-state index is 0.700. The molecule has 0 aliphatic rings. The Bertz CT molecular complexity index is 3300. The van der Waals surface area contributed by atoms with Gasteiger partial charge in [0.2, 0.25) is 0 Å². The fourth-order valence-electron chi connectivity index (χ4n) is 8.69. The minimum absolute atomic E-state index is 0.700. The molecule has 10 aromatic carbocycles. The Labute approximate surface area is 325 Å². The molecule has 2 nitrogen and oxygen atoms in total. The van der Waals surface area contributed by atoms with Gasteiger partial charge in [0, 0.05) is 16.7 Å². The Balaban J connectivity index is 1.16. The summed E-state index contributed by atoms with van der Waals surface area (Å²) in [5, 5.41) is 12.3. The number of hydrogen-bond acceptors (Lipinski definition) is 2. The third-order valence-electron chi connectivity index (χ3n) is 11.3. The van der Waals surface area contributed by atoms with E-state index in [1.165, 1.54) is 65.2 Å². The smallest absolute Gasteiger partial charge is 0.160 e. The van der Waals surface area contributed by atoms with Crippen molar-refractivity contribution in [3.8, 4) is 56.2 Å². The molecule has 11 rings (SSSR count). The van der Waals surface area contributed by atoms with Gasteiger partial charge in [-0.1, -0.05) is 194 Å². The highest BCUT2D eigenvalue weighted by molar-refractivity contribution is 6.23. The molecule has 0 fully saturated rings. The van der Waals surface area contributed by atoms with Gasteiger partial charge in [-0.25, -0.2) is 9.97 Å². The summed E-state index contributed by atoms with van der Waals surface area (Å²) in [4.78, 5) is 10.6. The molecule has 0 atom stereocenters. The molecule has 0 spiro atoms. The van der Waals surface area contributed by atoms with Gasteiger partial charge in [-0.05, 0) is 88.2 Å². The van der Waals surface area contributed by atoms with Crippen molar-refractivity contribution in [1.29, 1.82) is 0 Å². The first-order valence-corrected chi connectivity index (χ1v) is 19.2. The van der Waals surface area contributed by atoms with Crippen LogP contribution in [0.5, 0.6) is 0 Å². The maximum Gasteiger partial charge on any atom is 0.160 e. The molecule has 0 aliphatic carbocycles. The minimum Gasteiger partial charge on any atom is -0.228 e. The molecule has 0 saturated heterocycles. The number of benzene rings is 10. The molecule has 1 aromatic heterocycles. The predicted octanol–water partition coefficient (Wildman–Crippen LogP) is 14.6. The number of rotatable bonds is 5. The summed E-state index contributed by atoms with van der Waals surface area (Å²) in [5.74, 6) is 0.700. The number of hydrogen-bond donors (Lipinski definition) is 0. The Kier molecular flexibility index (Phi) is 7.53. The second-order valence-electron chi connectivity index (χ2n) is 14.5. The topological polar surface area (TPSA) is 25.8 Å². The molecule has 56 heavy (non-hydrogen) atoms. The van der Waals surface area contributed by atoms with Crippen molar-refractivity contribution in [2.24, 2.45) is 0 Å². The Morgan fingerprint density at radius 3 is 1.57 bits per heavy atom. The zero-order valence-electron chi connectivity index (χ0n) is 30.5. The van der Waals surface area contributed by atoms with E-state index in [1.54, 1.807) is 0 Å². The van der Waals surface area contributed by atoms with E-state index in [-0.39, 0.29) is 0 Å². The van der Waals surface area contributed by atoms with Crippen LogP contribution in [0.15, 0.2) is 206 Å². The maximum atomic E-state index is 5.33. The first kappa shape index (κ1) is 32.0. The van der Waals surface area contributed by atoms with Crippen LogP contribution in [0.25, 0.3) is 110 Å². The Morgan fingerprint density at radius 1 is 0.250 bits per heavy atom. The molecule has 0 aliphatic heterocycles. The lowest BCUT2D eigenvalue weighted by atomic mass is 9.86. The molecule has 0 N–H and O–H groups in total. The average Bonchev–Trinajstić information content (AvgIpc) is 3.28. The van der Waals surface area contributed by atoms with E-state index < -0.39 is 0 Å². The summed E-state index contributed by atoms with van der Waals surface area (Å²) in [6.45, 7) is 0. The fraction of sp³-hybridized carbons (Fsp3) is 0. The number of nitrogens with zero attached hydrogens (tertiary/aromatic N) is 2. The van der Waals surface area contributed by atoms with Crippen molar-refractivity contribution in [2.75, 3.05) is 0 Å². The van der Waals surface area contributed by atoms with Gasteiger partial charge in [0.1, 0.15) is 0 Å². The zero-order chi connectivity index (χ0) is 37.0. The standard InChI is InChI=1S/C54H34N2/c1-2-17-37(18-3-1)54-55-51(46-27-13-12-24-43(46)42-28-14-20-35-15-4-7-21-39(35)42)34-52(56-54)47-31-32-48(45-26-11-10-25-44(45)47)53-41-23-9-6-19-38(41)33-50-40-22-8-5-16-36(40)29-30-49(50)53/h1-34H. The lowest BCUT2D eigenvalue weighted by molar-refractivity contribution is 1.19. The van der Waals surface area contributed by atoms with Crippen LogP contribution in [0.1, 0.15) is 0 Å². The van der Waals surface area contributed by atoms with Crippen molar-refractivity contribution in [3.05, 3.63) is 206 Å². The van der Waals surface area contributed by atoms with E-state index in [2.05, 4.69) is 200 Å². The molecule has 1 heterocycles. The van der Waals surface area contributed by atoms with Gasteiger partial charge in [-0.2, -0.15) is 0 Å². The SMILES string of the molecule is c1ccc(-c2nc(-c3ccccc3-c3cccc4ccccc34)cc(-c3ccc(-c4c5ccccc5cc5c4ccc4ccccc45)c4ccccc34)n2)cc1. The van der Waals surface area contributed by atoms with Gasteiger partial charge < -0.3 is 0 Å². The predicted molar refractivity (Wildman–Crippen MR) is 237 cm³/mol.